The Bertz CT molecular complexity index is 5930. The van der Waals surface area contributed by atoms with Crippen molar-refractivity contribution in [2.75, 3.05) is 25.2 Å². The molecule has 0 bridgehead atoms. The number of esters is 2. The van der Waals surface area contributed by atoms with E-state index in [1.807, 2.05) is 30.3 Å². The third-order valence-corrected chi connectivity index (χ3v) is 18.6. The Morgan fingerprint density at radius 3 is 0.943 bits per heavy atom. The highest BCUT2D eigenvalue weighted by atomic mass is 79.9. The lowest BCUT2D eigenvalue weighted by atomic mass is 10.1. The molecule has 6 aromatic heterocycles. The van der Waals surface area contributed by atoms with Gasteiger partial charge in [-0.1, -0.05) is 187 Å². The number of nitrogens with zero attached hydrogens (tertiary/aromatic N) is 8. The van der Waals surface area contributed by atoms with Gasteiger partial charge in [0, 0.05) is 105 Å². The first-order valence-corrected chi connectivity index (χ1v) is 35.2. The number of carbonyl (C=O) groups is 2. The van der Waals surface area contributed by atoms with Crippen LogP contribution in [-0.2, 0) is 19.1 Å². The number of benzene rings is 12. The average Bonchev–Trinajstić information content (AvgIpc) is 1.60. The molecule has 1 N–H and O–H groups in total. The van der Waals surface area contributed by atoms with Gasteiger partial charge in [0.1, 0.15) is 31.3 Å². The summed E-state index contributed by atoms with van der Waals surface area (Å²) >= 11 is 3.12. The summed E-state index contributed by atoms with van der Waals surface area (Å²) in [4.78, 5) is 22.3. The fraction of sp³-hybridized carbons (Fsp3) is 0.0682. The van der Waals surface area contributed by atoms with Crippen LogP contribution in [0.25, 0.3) is 156 Å². The van der Waals surface area contributed by atoms with E-state index in [0.717, 1.165) is 78.0 Å². The molecule has 105 heavy (non-hydrogen) atoms. The second-order valence-electron chi connectivity index (χ2n) is 25.2. The average molecular weight is 1440 g/mol. The first-order chi connectivity index (χ1) is 51.4. The molecule has 0 aliphatic heterocycles. The van der Waals surface area contributed by atoms with Crippen LogP contribution in [0.2, 0.25) is 0 Å². The zero-order valence-corrected chi connectivity index (χ0v) is 58.6. The fourth-order valence-electron chi connectivity index (χ4n) is 13.7. The van der Waals surface area contributed by atoms with E-state index in [9.17, 15) is 14.7 Å². The van der Waals surface area contributed by atoms with Crippen molar-refractivity contribution in [1.82, 2.24) is 38.7 Å². The van der Waals surface area contributed by atoms with Gasteiger partial charge in [-0.25, -0.2) is 9.59 Å². The third-order valence-electron chi connectivity index (χ3n) is 18.3. The van der Waals surface area contributed by atoms with Crippen molar-refractivity contribution in [3.05, 3.63) is 303 Å². The molecule has 0 fully saturated rings. The third kappa shape index (κ3) is 12.8. The molecule has 0 radical (unpaired) electrons. The number of alkyl halides is 1. The number of rotatable bonds is 16. The largest absolute Gasteiger partial charge is 0.508 e. The van der Waals surface area contributed by atoms with Gasteiger partial charge in [-0.2, -0.15) is 0 Å². The number of hydrogen-bond acceptors (Lipinski definition) is 12. The van der Waals surface area contributed by atoms with Gasteiger partial charge in [0.15, 0.2) is 0 Å². The zero-order chi connectivity index (χ0) is 71.7. The molecule has 0 unspecified atom stereocenters. The minimum absolute atomic E-state index is 0.108. The van der Waals surface area contributed by atoms with Gasteiger partial charge in [0.2, 0.25) is 23.6 Å². The highest BCUT2D eigenvalue weighted by Gasteiger charge is 2.23. The van der Waals surface area contributed by atoms with Gasteiger partial charge in [0.05, 0.1) is 44.1 Å². The molecule has 16 nitrogen and oxygen atoms in total. The van der Waals surface area contributed by atoms with Crippen molar-refractivity contribution in [2.24, 2.45) is 0 Å². The molecule has 0 aliphatic carbocycles. The minimum Gasteiger partial charge on any atom is -0.508 e. The van der Waals surface area contributed by atoms with Crippen LogP contribution in [0.3, 0.4) is 0 Å². The van der Waals surface area contributed by atoms with E-state index in [-0.39, 0.29) is 24.9 Å². The van der Waals surface area contributed by atoms with Crippen LogP contribution >= 0.6 is 15.9 Å². The van der Waals surface area contributed by atoms with Crippen molar-refractivity contribution in [3.63, 3.8) is 0 Å². The molecular weight excluding hydrogens is 1380 g/mol. The van der Waals surface area contributed by atoms with Crippen molar-refractivity contribution >= 4 is 115 Å². The second kappa shape index (κ2) is 28.6. The smallest absolute Gasteiger partial charge is 0.333 e. The number of fused-ring (bicyclic) bond motifs is 12. The van der Waals surface area contributed by atoms with E-state index in [2.05, 4.69) is 303 Å². The van der Waals surface area contributed by atoms with E-state index in [1.54, 1.807) is 32.0 Å². The van der Waals surface area contributed by atoms with E-state index in [1.165, 1.54) is 43.1 Å². The van der Waals surface area contributed by atoms with E-state index < -0.39 is 5.97 Å². The molecule has 18 aromatic rings. The molecule has 512 valence electrons. The summed E-state index contributed by atoms with van der Waals surface area (Å²) in [7, 11) is 0. The topological polar surface area (TPSA) is 180 Å². The standard InChI is InChI=1S/C44H32N4O4.C38H24N4O2.C6H9BrO2/c1-28(2)44(49)51-23-22-50-33-13-11-12-29(26-33)42-45-46-43(52-42)30-24-31(47-38-18-7-3-14-34(38)35-15-4-8-19-39(35)47)27-32(25-30)48-40-20-9-5-16-36(40)37-17-6-10-21-41(37)48;43-28-11-9-10-24(22-28)37-39-40-38(44-37)25-20-26(41-33-16-5-1-12-29(33)30-13-2-6-17-34(30)41)23-27(21-25)42-35-18-7-3-14-31(35)32-15-4-8-19-36(32)42;1-5(2)6(8)9-4-3-7/h3-21,24-27H,1,22-23H2,2H3;1-23,43H;1,3-4H2,2H3. The predicted molar refractivity (Wildman–Crippen MR) is 420 cm³/mol. The maximum atomic E-state index is 11.7. The maximum absolute atomic E-state index is 11.7. The summed E-state index contributed by atoms with van der Waals surface area (Å²) in [5.41, 5.74) is 16.5. The minimum atomic E-state index is -0.445. The van der Waals surface area contributed by atoms with Crippen molar-refractivity contribution < 1.29 is 37.7 Å². The molecule has 0 spiro atoms. The Balaban J connectivity index is 0.000000146. The Morgan fingerprint density at radius 2 is 0.638 bits per heavy atom. The maximum Gasteiger partial charge on any atom is 0.333 e. The van der Waals surface area contributed by atoms with E-state index in [0.29, 0.717) is 63.5 Å². The normalized spacial score (nSPS) is 11.3. The van der Waals surface area contributed by atoms with Gasteiger partial charge in [-0.05, 0) is 135 Å². The van der Waals surface area contributed by atoms with Gasteiger partial charge in [0.25, 0.3) is 0 Å². The van der Waals surface area contributed by atoms with Crippen molar-refractivity contribution in [1.29, 1.82) is 0 Å². The number of aromatic nitrogens is 8. The molecule has 0 amide bonds. The van der Waals surface area contributed by atoms with Crippen LogP contribution < -0.4 is 4.74 Å². The highest BCUT2D eigenvalue weighted by Crippen LogP contribution is 2.41. The van der Waals surface area contributed by atoms with E-state index >= 15 is 0 Å². The quantitative estimate of drug-likeness (QED) is 0.0419. The Morgan fingerprint density at radius 1 is 0.352 bits per heavy atom. The number of aromatic hydroxyl groups is 1. The summed E-state index contributed by atoms with van der Waals surface area (Å²) in [5.74, 6) is 1.45. The summed E-state index contributed by atoms with van der Waals surface area (Å²) in [5, 5.41) is 38.0. The lowest BCUT2D eigenvalue weighted by Gasteiger charge is -2.14. The van der Waals surface area contributed by atoms with Gasteiger partial charge in [-0.3, -0.25) is 0 Å². The van der Waals surface area contributed by atoms with Gasteiger partial charge in [-0.15, -0.1) is 20.4 Å². The highest BCUT2D eigenvalue weighted by molar-refractivity contribution is 9.09. The van der Waals surface area contributed by atoms with Crippen LogP contribution in [0, 0.1) is 0 Å². The first-order valence-electron chi connectivity index (χ1n) is 34.1. The lowest BCUT2D eigenvalue weighted by Crippen LogP contribution is -2.12. The molecule has 0 aliphatic rings. The number of phenolic OH excluding ortho intramolecular Hbond substituents is 1. The molecule has 0 atom stereocenters. The molecule has 17 heteroatoms. The number of halogens is 1. The number of phenols is 1. The van der Waals surface area contributed by atoms with Crippen LogP contribution in [0.15, 0.2) is 312 Å². The van der Waals surface area contributed by atoms with Crippen LogP contribution in [0.4, 0.5) is 0 Å². The van der Waals surface area contributed by atoms with Gasteiger partial charge >= 0.3 is 11.9 Å². The Hall–Kier alpha value is -13.4. The summed E-state index contributed by atoms with van der Waals surface area (Å²) in [6, 6.07) is 95.1. The van der Waals surface area contributed by atoms with E-state index in [4.69, 9.17) is 18.3 Å². The molecular formula is C88H65BrN8O8. The number of para-hydroxylation sites is 8. The molecule has 0 saturated heterocycles. The summed E-state index contributed by atoms with van der Waals surface area (Å²) in [6.07, 6.45) is 0. The summed E-state index contributed by atoms with van der Waals surface area (Å²) in [6.45, 7) is 11.0. The SMILES string of the molecule is C=C(C)C(=O)OCCBr.C=C(C)C(=O)OCCOc1cccc(-c2nnc(-c3cc(-n4c5ccccc5c5ccccc54)cc(-n4c5ccccc5c5ccccc54)c3)o2)c1.Oc1cccc(-c2nnc(-c3cc(-n4c5ccccc5c5ccccc54)cc(-n4c5ccccc5c5ccccc54)c3)o2)c1. The fourth-order valence-corrected chi connectivity index (χ4v) is 13.9. The number of ether oxygens (including phenoxy) is 3. The van der Waals surface area contributed by atoms with Crippen LogP contribution in [-0.4, -0.2) is 80.9 Å². The molecule has 18 rings (SSSR count). The first kappa shape index (κ1) is 66.2. The Labute approximate surface area is 610 Å². The molecule has 12 aromatic carbocycles. The monoisotopic (exact) mass is 1440 g/mol. The summed E-state index contributed by atoms with van der Waals surface area (Å²) < 4.78 is 37.5. The molecule has 6 heterocycles. The van der Waals surface area contributed by atoms with Crippen LogP contribution in [0.5, 0.6) is 11.5 Å². The Kier molecular flexibility index (Phi) is 18.0. The van der Waals surface area contributed by atoms with Crippen molar-refractivity contribution in [3.8, 4) is 80.1 Å². The lowest BCUT2D eigenvalue weighted by molar-refractivity contribution is -0.140. The zero-order valence-electron chi connectivity index (χ0n) is 57.1. The number of hydrogen-bond donors (Lipinski definition) is 1. The molecule has 0 saturated carbocycles. The second-order valence-corrected chi connectivity index (χ2v) is 26.0. The van der Waals surface area contributed by atoms with Gasteiger partial charge < -0.3 is 46.4 Å². The van der Waals surface area contributed by atoms with Crippen molar-refractivity contribution in [2.45, 2.75) is 13.8 Å². The van der Waals surface area contributed by atoms with Crippen LogP contribution in [0.1, 0.15) is 13.8 Å². The predicted octanol–water partition coefficient (Wildman–Crippen LogP) is 20.9. The number of carbonyl (C=O) groups excluding carboxylic acids is 2.